The number of aliphatic hydroxyl groups excluding tert-OH is 1. The van der Waals surface area contributed by atoms with Crippen molar-refractivity contribution in [2.24, 2.45) is 34.5 Å². The fourth-order valence-electron chi connectivity index (χ4n) is 8.73. The zero-order chi connectivity index (χ0) is 20.3. The van der Waals surface area contributed by atoms with Gasteiger partial charge in [0, 0.05) is 5.92 Å². The van der Waals surface area contributed by atoms with E-state index < -0.39 is 23.8 Å². The smallest absolute Gasteiger partial charge is 0.307 e. The summed E-state index contributed by atoms with van der Waals surface area (Å²) in [4.78, 5) is 12.8. The molecule has 0 radical (unpaired) electrons. The van der Waals surface area contributed by atoms with Crippen molar-refractivity contribution >= 4 is 5.97 Å². The summed E-state index contributed by atoms with van der Waals surface area (Å²) in [6.45, 7) is 10.4. The largest absolute Gasteiger partial charge is 0.481 e. The Bertz CT molecular complexity index is 758. The predicted molar refractivity (Wildman–Crippen MR) is 103 cm³/mol. The van der Waals surface area contributed by atoms with Gasteiger partial charge in [-0.25, -0.2) is 0 Å². The van der Waals surface area contributed by atoms with Crippen molar-refractivity contribution in [3.8, 4) is 0 Å². The van der Waals surface area contributed by atoms with Crippen LogP contribution in [-0.4, -0.2) is 39.3 Å². The Morgan fingerprint density at radius 1 is 1.32 bits per heavy atom. The molecule has 1 aliphatic heterocycles. The molecule has 5 rings (SSSR count). The third-order valence-electron chi connectivity index (χ3n) is 9.40. The molecule has 3 saturated carbocycles. The minimum absolute atomic E-state index is 0.0427. The summed E-state index contributed by atoms with van der Waals surface area (Å²) >= 11 is 0. The number of aliphatic carboxylic acids is 1. The van der Waals surface area contributed by atoms with Gasteiger partial charge in [0.15, 0.2) is 6.29 Å². The van der Waals surface area contributed by atoms with Crippen LogP contribution in [0.2, 0.25) is 0 Å². The lowest BCUT2D eigenvalue weighted by Gasteiger charge is -2.45. The Balaban J connectivity index is 1.68. The van der Waals surface area contributed by atoms with Crippen LogP contribution in [0.1, 0.15) is 66.7 Å². The highest BCUT2D eigenvalue weighted by Gasteiger charge is 2.87. The molecule has 4 fully saturated rings. The van der Waals surface area contributed by atoms with E-state index in [1.807, 2.05) is 0 Å². The summed E-state index contributed by atoms with van der Waals surface area (Å²) in [5.74, 6) is -0.699. The number of ether oxygens (including phenoxy) is 2. The van der Waals surface area contributed by atoms with E-state index in [9.17, 15) is 15.0 Å². The highest BCUT2D eigenvalue weighted by atomic mass is 16.6. The summed E-state index contributed by atoms with van der Waals surface area (Å²) in [6.07, 6.45) is 7.84. The van der Waals surface area contributed by atoms with E-state index in [1.165, 1.54) is 0 Å². The number of epoxide rings is 1. The monoisotopic (exact) mass is 390 g/mol. The minimum atomic E-state index is -0.829. The van der Waals surface area contributed by atoms with Crippen molar-refractivity contribution in [2.45, 2.75) is 89.8 Å². The first-order chi connectivity index (χ1) is 12.9. The second kappa shape index (κ2) is 5.22. The zero-order valence-electron chi connectivity index (χ0n) is 17.7. The van der Waals surface area contributed by atoms with E-state index in [0.29, 0.717) is 0 Å². The topological polar surface area (TPSA) is 79.3 Å². The summed E-state index contributed by atoms with van der Waals surface area (Å²) in [7, 11) is 0. The van der Waals surface area contributed by atoms with Gasteiger partial charge in [-0.15, -0.1) is 0 Å². The molecule has 2 spiro atoms. The number of aliphatic hydroxyl groups is 1. The molecule has 0 amide bonds. The van der Waals surface area contributed by atoms with Gasteiger partial charge in [-0.2, -0.15) is 0 Å². The van der Waals surface area contributed by atoms with Crippen LogP contribution in [-0.2, 0) is 14.3 Å². The van der Waals surface area contributed by atoms with Crippen LogP contribution in [0, 0.1) is 34.5 Å². The van der Waals surface area contributed by atoms with Crippen LogP contribution in [0.15, 0.2) is 12.2 Å². The molecular formula is C23H34O5. The molecule has 156 valence electrons. The highest BCUT2D eigenvalue weighted by Crippen LogP contribution is 2.82. The lowest BCUT2D eigenvalue weighted by Crippen LogP contribution is -2.47. The van der Waals surface area contributed by atoms with E-state index in [-0.39, 0.29) is 39.8 Å². The van der Waals surface area contributed by atoms with Crippen LogP contribution in [0.4, 0.5) is 0 Å². The summed E-state index contributed by atoms with van der Waals surface area (Å²) < 4.78 is 12.8. The van der Waals surface area contributed by atoms with E-state index in [2.05, 4.69) is 39.8 Å². The minimum Gasteiger partial charge on any atom is -0.481 e. The maximum atomic E-state index is 12.8. The summed E-state index contributed by atoms with van der Waals surface area (Å²) in [5.41, 5.74) is -1.58. The number of hydrogen-bond acceptors (Lipinski definition) is 4. The number of carboxylic acid groups (broad SMARTS) is 1. The average Bonchev–Trinajstić information content (AvgIpc) is 2.98. The Kier molecular flexibility index (Phi) is 3.56. The zero-order valence-corrected chi connectivity index (χ0v) is 17.7. The molecule has 5 nitrogen and oxygen atoms in total. The number of fused-ring (bicyclic) bond motifs is 1. The Labute approximate surface area is 167 Å². The van der Waals surface area contributed by atoms with Gasteiger partial charge >= 0.3 is 5.97 Å². The average molecular weight is 391 g/mol. The third kappa shape index (κ3) is 1.96. The van der Waals surface area contributed by atoms with Crippen molar-refractivity contribution in [2.75, 3.05) is 0 Å². The lowest BCUT2D eigenvalue weighted by atomic mass is 9.62. The SMILES string of the molecule is CC(O)O[C@]12CCC3[C@](C[C@@H]1C)(C2)[C@@H](C(=O)O)[C@@H]1C(C)(C)C=CCC2(C)O[C@]312. The van der Waals surface area contributed by atoms with Crippen LogP contribution < -0.4 is 0 Å². The molecule has 5 aliphatic rings. The second-order valence-corrected chi connectivity index (χ2v) is 11.2. The number of hydrogen-bond donors (Lipinski definition) is 2. The number of rotatable bonds is 3. The van der Waals surface area contributed by atoms with Crippen LogP contribution in [0.25, 0.3) is 0 Å². The van der Waals surface area contributed by atoms with Gasteiger partial charge in [0.2, 0.25) is 0 Å². The normalized spacial score (nSPS) is 56.4. The van der Waals surface area contributed by atoms with E-state index >= 15 is 0 Å². The number of carbonyl (C=O) groups is 1. The van der Waals surface area contributed by atoms with Gasteiger partial charge in [0.1, 0.15) is 5.60 Å². The molecule has 28 heavy (non-hydrogen) atoms. The summed E-state index contributed by atoms with van der Waals surface area (Å²) in [5, 5.41) is 20.5. The van der Waals surface area contributed by atoms with Crippen LogP contribution in [0.5, 0.6) is 0 Å². The van der Waals surface area contributed by atoms with Crippen molar-refractivity contribution in [3.63, 3.8) is 0 Å². The predicted octanol–water partition coefficient (Wildman–Crippen LogP) is 3.75. The molecule has 0 aromatic heterocycles. The molecule has 0 aromatic carbocycles. The molecule has 1 heterocycles. The van der Waals surface area contributed by atoms with E-state index in [1.54, 1.807) is 6.92 Å². The molecule has 5 heteroatoms. The van der Waals surface area contributed by atoms with E-state index in [4.69, 9.17) is 9.47 Å². The molecule has 2 N–H and O–H groups in total. The third-order valence-corrected chi connectivity index (χ3v) is 9.40. The molecule has 1 saturated heterocycles. The Morgan fingerprint density at radius 2 is 2.04 bits per heavy atom. The maximum absolute atomic E-state index is 12.8. The molecule has 3 unspecified atom stereocenters. The van der Waals surface area contributed by atoms with E-state index in [0.717, 1.165) is 32.1 Å². The first-order valence-electron chi connectivity index (χ1n) is 10.9. The van der Waals surface area contributed by atoms with Gasteiger partial charge in [0.05, 0.1) is 17.1 Å². The maximum Gasteiger partial charge on any atom is 0.307 e. The van der Waals surface area contributed by atoms with Gasteiger partial charge in [-0.3, -0.25) is 4.79 Å². The molecule has 0 aromatic rings. The first kappa shape index (κ1) is 19.1. The Morgan fingerprint density at radius 3 is 2.68 bits per heavy atom. The van der Waals surface area contributed by atoms with Gasteiger partial charge < -0.3 is 19.7 Å². The van der Waals surface area contributed by atoms with Crippen LogP contribution in [0.3, 0.4) is 0 Å². The quantitative estimate of drug-likeness (QED) is 0.436. The second-order valence-electron chi connectivity index (χ2n) is 11.2. The van der Waals surface area contributed by atoms with Crippen molar-refractivity contribution in [3.05, 3.63) is 12.2 Å². The standard InChI is InChI=1S/C23H34O5/c1-13-11-21-12-22(13,27-14(2)24)10-7-15(21)23-17(16(21)18(25)26)19(3,4)8-6-9-20(23,5)28-23/h6,8,13-17,24H,7,9-12H2,1-5H3,(H,25,26)/t13-,14?,15?,16+,17+,20?,21-,22-,23+/m0/s1. The Hall–Kier alpha value is -0.910. The molecule has 2 bridgehead atoms. The molecule has 9 atom stereocenters. The molecule has 4 aliphatic carbocycles. The van der Waals surface area contributed by atoms with Gasteiger partial charge in [0.25, 0.3) is 0 Å². The fraction of sp³-hybridized carbons (Fsp3) is 0.870. The first-order valence-corrected chi connectivity index (χ1v) is 10.9. The van der Waals surface area contributed by atoms with Gasteiger partial charge in [-0.05, 0) is 68.6 Å². The fourth-order valence-corrected chi connectivity index (χ4v) is 8.73. The van der Waals surface area contributed by atoms with Crippen LogP contribution >= 0.6 is 0 Å². The summed E-state index contributed by atoms with van der Waals surface area (Å²) in [6, 6.07) is 0. The van der Waals surface area contributed by atoms with Crippen molar-refractivity contribution < 1.29 is 24.5 Å². The van der Waals surface area contributed by atoms with Crippen molar-refractivity contribution in [1.82, 2.24) is 0 Å². The number of allylic oxidation sites excluding steroid dienone is 1. The highest BCUT2D eigenvalue weighted by molar-refractivity contribution is 5.74. The molecular weight excluding hydrogens is 356 g/mol. The lowest BCUT2D eigenvalue weighted by molar-refractivity contribution is -0.204. The number of carboxylic acids is 1. The van der Waals surface area contributed by atoms with Gasteiger partial charge in [-0.1, -0.05) is 32.9 Å². The van der Waals surface area contributed by atoms with Crippen molar-refractivity contribution in [1.29, 1.82) is 0 Å².